The van der Waals surface area contributed by atoms with Gasteiger partial charge in [0.25, 0.3) is 0 Å². The molecule has 2 nitrogen and oxygen atoms in total. The lowest BCUT2D eigenvalue weighted by Crippen LogP contribution is -2.75. The SMILES string of the molecule is CC1(C(=O)c2ccccc2)C([Si](C)(C)C(C)(C)C)C(=S)N1Cc1ccccc1. The summed E-state index contributed by atoms with van der Waals surface area (Å²) < 4.78 is 0. The second-order valence-corrected chi connectivity index (χ2v) is 15.6. The van der Waals surface area contributed by atoms with Gasteiger partial charge in [0, 0.05) is 17.6 Å². The highest BCUT2D eigenvalue weighted by molar-refractivity contribution is 7.80. The first kappa shape index (κ1) is 20.9. The van der Waals surface area contributed by atoms with Crippen molar-refractivity contribution in [2.45, 2.75) is 63.5 Å². The molecule has 4 heteroatoms. The van der Waals surface area contributed by atoms with Crippen LogP contribution in [0.25, 0.3) is 0 Å². The van der Waals surface area contributed by atoms with Crippen molar-refractivity contribution in [2.24, 2.45) is 0 Å². The zero-order valence-corrected chi connectivity index (χ0v) is 19.6. The fourth-order valence-corrected chi connectivity index (χ4v) is 9.00. The molecule has 1 saturated heterocycles. The molecule has 0 radical (unpaired) electrons. The third-order valence-corrected chi connectivity index (χ3v) is 13.8. The second-order valence-electron chi connectivity index (χ2n) is 9.66. The molecule has 0 saturated carbocycles. The Bertz CT molecular complexity index is 872. The van der Waals surface area contributed by atoms with Crippen molar-refractivity contribution in [3.8, 4) is 0 Å². The zero-order chi connectivity index (χ0) is 20.7. The molecule has 0 N–H and O–H groups in total. The first-order valence-corrected chi connectivity index (χ1v) is 13.4. The average molecular weight is 410 g/mol. The number of likely N-dealkylation sites (tertiary alicyclic amines) is 1. The highest BCUT2D eigenvalue weighted by atomic mass is 32.1. The number of thiocarbonyl (C=S) groups is 1. The molecule has 2 aromatic rings. The van der Waals surface area contributed by atoms with E-state index < -0.39 is 13.6 Å². The minimum atomic E-state index is -1.88. The molecule has 0 spiro atoms. The van der Waals surface area contributed by atoms with Crippen LogP contribution in [-0.4, -0.2) is 29.3 Å². The lowest BCUT2D eigenvalue weighted by molar-refractivity contribution is 0.0634. The molecule has 1 aliphatic rings. The predicted octanol–water partition coefficient (Wildman–Crippen LogP) is 6.35. The van der Waals surface area contributed by atoms with Gasteiger partial charge in [-0.2, -0.15) is 0 Å². The molecule has 1 fully saturated rings. The normalized spacial score (nSPS) is 22.7. The summed E-state index contributed by atoms with van der Waals surface area (Å²) in [6.07, 6.45) is 0. The number of Topliss-reactive ketones (excluding diaryl/α,β-unsaturated/α-hetero) is 1. The largest absolute Gasteiger partial charge is 0.348 e. The van der Waals surface area contributed by atoms with Gasteiger partial charge in [-0.15, -0.1) is 0 Å². The van der Waals surface area contributed by atoms with Crippen LogP contribution in [0, 0.1) is 0 Å². The van der Waals surface area contributed by atoms with E-state index in [0.29, 0.717) is 6.54 Å². The number of benzene rings is 2. The standard InChI is InChI=1S/C24H31NOSSi/c1-23(2,3)28(5,6)21-22(27)25(17-18-13-9-7-10-14-18)24(21,4)20(26)19-15-11-8-12-16-19/h7-16,21H,17H2,1-6H3. The van der Waals surface area contributed by atoms with Crippen LogP contribution in [0.5, 0.6) is 0 Å². The summed E-state index contributed by atoms with van der Waals surface area (Å²) >= 11 is 5.97. The van der Waals surface area contributed by atoms with Gasteiger partial charge in [0.15, 0.2) is 5.78 Å². The Hall–Kier alpha value is -1.78. The minimum Gasteiger partial charge on any atom is -0.348 e. The van der Waals surface area contributed by atoms with E-state index in [-0.39, 0.29) is 16.4 Å². The van der Waals surface area contributed by atoms with Crippen LogP contribution in [0.3, 0.4) is 0 Å². The van der Waals surface area contributed by atoms with Gasteiger partial charge < -0.3 is 4.90 Å². The number of hydrogen-bond acceptors (Lipinski definition) is 2. The maximum absolute atomic E-state index is 13.8. The summed E-state index contributed by atoms with van der Waals surface area (Å²) in [7, 11) is -1.88. The van der Waals surface area contributed by atoms with Crippen LogP contribution >= 0.6 is 12.2 Å². The van der Waals surface area contributed by atoms with Gasteiger partial charge in [-0.1, -0.05) is 107 Å². The summed E-state index contributed by atoms with van der Waals surface area (Å²) in [6.45, 7) is 14.5. The van der Waals surface area contributed by atoms with Crippen LogP contribution in [0.1, 0.15) is 43.6 Å². The smallest absolute Gasteiger partial charge is 0.188 e. The van der Waals surface area contributed by atoms with Gasteiger partial charge in [0.05, 0.1) is 13.1 Å². The van der Waals surface area contributed by atoms with E-state index in [1.165, 1.54) is 5.56 Å². The van der Waals surface area contributed by atoms with Crippen LogP contribution in [0.15, 0.2) is 60.7 Å². The Morgan fingerprint density at radius 1 is 1.04 bits per heavy atom. The van der Waals surface area contributed by atoms with E-state index in [4.69, 9.17) is 12.2 Å². The molecule has 2 aromatic carbocycles. The van der Waals surface area contributed by atoms with E-state index >= 15 is 0 Å². The van der Waals surface area contributed by atoms with Gasteiger partial charge in [0.1, 0.15) is 5.54 Å². The molecule has 148 valence electrons. The van der Waals surface area contributed by atoms with Crippen molar-refractivity contribution in [3.63, 3.8) is 0 Å². The summed E-state index contributed by atoms with van der Waals surface area (Å²) in [6, 6.07) is 20.0. The fraction of sp³-hybridized carbons (Fsp3) is 0.417. The van der Waals surface area contributed by atoms with Crippen LogP contribution < -0.4 is 0 Å². The first-order chi connectivity index (χ1) is 13.0. The number of nitrogens with zero attached hydrogens (tertiary/aromatic N) is 1. The van der Waals surface area contributed by atoms with Gasteiger partial charge in [-0.25, -0.2) is 0 Å². The Morgan fingerprint density at radius 2 is 1.54 bits per heavy atom. The van der Waals surface area contributed by atoms with Crippen LogP contribution in [0.4, 0.5) is 0 Å². The second kappa shape index (κ2) is 7.23. The van der Waals surface area contributed by atoms with Crippen molar-refractivity contribution < 1.29 is 4.79 Å². The molecule has 2 unspecified atom stereocenters. The van der Waals surface area contributed by atoms with Crippen LogP contribution in [0.2, 0.25) is 23.7 Å². The maximum Gasteiger partial charge on any atom is 0.188 e. The van der Waals surface area contributed by atoms with E-state index in [0.717, 1.165) is 10.6 Å². The summed E-state index contributed by atoms with van der Waals surface area (Å²) in [5.41, 5.74) is 1.50. The number of hydrogen-bond donors (Lipinski definition) is 0. The quantitative estimate of drug-likeness (QED) is 0.326. The molecule has 28 heavy (non-hydrogen) atoms. The number of carbonyl (C=O) groups excluding carboxylic acids is 1. The van der Waals surface area contributed by atoms with Crippen LogP contribution in [-0.2, 0) is 6.54 Å². The van der Waals surface area contributed by atoms with Gasteiger partial charge in [-0.3, -0.25) is 4.79 Å². The topological polar surface area (TPSA) is 20.3 Å². The third kappa shape index (κ3) is 3.27. The molecular weight excluding hydrogens is 378 g/mol. The Kier molecular flexibility index (Phi) is 5.41. The molecule has 0 bridgehead atoms. The third-order valence-electron chi connectivity index (χ3n) is 6.97. The molecule has 1 heterocycles. The lowest BCUT2D eigenvalue weighted by atomic mass is 9.78. The number of rotatable bonds is 5. The molecular formula is C24H31NOSSi. The van der Waals surface area contributed by atoms with Gasteiger partial charge in [-0.05, 0) is 17.5 Å². The van der Waals surface area contributed by atoms with Crippen molar-refractivity contribution in [1.29, 1.82) is 0 Å². The highest BCUT2D eigenvalue weighted by Gasteiger charge is 2.65. The molecule has 0 aromatic heterocycles. The monoisotopic (exact) mass is 409 g/mol. The fourth-order valence-electron chi connectivity index (χ4n) is 4.30. The molecule has 3 rings (SSSR count). The van der Waals surface area contributed by atoms with E-state index in [2.05, 4.69) is 57.8 Å². The molecule has 2 atom stereocenters. The van der Waals surface area contributed by atoms with E-state index in [1.807, 2.05) is 48.5 Å². The van der Waals surface area contributed by atoms with Crippen molar-refractivity contribution in [1.82, 2.24) is 4.90 Å². The first-order valence-electron chi connectivity index (χ1n) is 9.96. The van der Waals surface area contributed by atoms with Gasteiger partial charge >= 0.3 is 0 Å². The lowest BCUT2D eigenvalue weighted by Gasteiger charge is -2.64. The summed E-state index contributed by atoms with van der Waals surface area (Å²) in [5, 5.41) is 0.152. The Balaban J connectivity index is 2.06. The van der Waals surface area contributed by atoms with Crippen molar-refractivity contribution in [2.75, 3.05) is 0 Å². The van der Waals surface area contributed by atoms with Gasteiger partial charge in [0.2, 0.25) is 0 Å². The maximum atomic E-state index is 13.8. The minimum absolute atomic E-state index is 0.145. The molecule has 0 amide bonds. The van der Waals surface area contributed by atoms with Crippen molar-refractivity contribution in [3.05, 3.63) is 71.8 Å². The highest BCUT2D eigenvalue weighted by Crippen LogP contribution is 2.57. The molecule has 1 aliphatic heterocycles. The van der Waals surface area contributed by atoms with Crippen molar-refractivity contribution >= 4 is 31.1 Å². The average Bonchev–Trinajstić information content (AvgIpc) is 2.66. The van der Waals surface area contributed by atoms with E-state index in [9.17, 15) is 4.79 Å². The summed E-state index contributed by atoms with van der Waals surface area (Å²) in [4.78, 5) is 16.9. The van der Waals surface area contributed by atoms with E-state index in [1.54, 1.807) is 0 Å². The Labute approximate surface area is 176 Å². The zero-order valence-electron chi connectivity index (χ0n) is 17.8. The number of ketones is 1. The number of carbonyl (C=O) groups is 1. The Morgan fingerprint density at radius 3 is 2.04 bits per heavy atom. The summed E-state index contributed by atoms with van der Waals surface area (Å²) in [5.74, 6) is 0.187. The molecule has 0 aliphatic carbocycles. The predicted molar refractivity (Wildman–Crippen MR) is 125 cm³/mol.